The van der Waals surface area contributed by atoms with E-state index in [9.17, 15) is 0 Å². The molecule has 2 rings (SSSR count). The van der Waals surface area contributed by atoms with Crippen molar-refractivity contribution in [1.82, 2.24) is 10.2 Å². The van der Waals surface area contributed by atoms with Gasteiger partial charge in [0.25, 0.3) is 0 Å². The van der Waals surface area contributed by atoms with Gasteiger partial charge in [-0.15, -0.1) is 0 Å². The van der Waals surface area contributed by atoms with Gasteiger partial charge in [0.2, 0.25) is 0 Å². The Labute approximate surface area is 129 Å². The van der Waals surface area contributed by atoms with E-state index in [0.717, 1.165) is 32.5 Å². The van der Waals surface area contributed by atoms with Crippen molar-refractivity contribution >= 4 is 0 Å². The van der Waals surface area contributed by atoms with Gasteiger partial charge in [-0.25, -0.2) is 0 Å². The molecule has 1 aliphatic rings. The van der Waals surface area contributed by atoms with Crippen LogP contribution in [0.4, 0.5) is 0 Å². The van der Waals surface area contributed by atoms with Crippen molar-refractivity contribution in [3.05, 3.63) is 35.4 Å². The fourth-order valence-corrected chi connectivity index (χ4v) is 3.29. The van der Waals surface area contributed by atoms with Crippen molar-refractivity contribution < 1.29 is 4.74 Å². The maximum atomic E-state index is 5.72. The Morgan fingerprint density at radius 3 is 2.76 bits per heavy atom. The summed E-state index contributed by atoms with van der Waals surface area (Å²) in [5, 5.41) is 3.71. The highest BCUT2D eigenvalue weighted by Gasteiger charge is 2.29. The fraction of sp³-hybridized carbons (Fsp3) is 0.667. The summed E-state index contributed by atoms with van der Waals surface area (Å²) in [5.41, 5.74) is 2.79. The van der Waals surface area contributed by atoms with E-state index in [4.69, 9.17) is 4.74 Å². The van der Waals surface area contributed by atoms with Crippen LogP contribution >= 0.6 is 0 Å². The highest BCUT2D eigenvalue weighted by molar-refractivity contribution is 5.29. The first-order valence-electron chi connectivity index (χ1n) is 8.24. The second-order valence-electron chi connectivity index (χ2n) is 6.23. The molecule has 0 bridgehead atoms. The largest absolute Gasteiger partial charge is 0.377 e. The topological polar surface area (TPSA) is 24.5 Å². The van der Waals surface area contributed by atoms with Gasteiger partial charge in [0.05, 0.1) is 6.10 Å². The maximum absolute atomic E-state index is 5.72. The van der Waals surface area contributed by atoms with E-state index in [1.165, 1.54) is 11.1 Å². The summed E-state index contributed by atoms with van der Waals surface area (Å²) >= 11 is 0. The second kappa shape index (κ2) is 7.92. The van der Waals surface area contributed by atoms with Crippen molar-refractivity contribution in [1.29, 1.82) is 0 Å². The van der Waals surface area contributed by atoms with Crippen LogP contribution in [0, 0.1) is 6.92 Å². The number of ether oxygens (including phenoxy) is 1. The summed E-state index contributed by atoms with van der Waals surface area (Å²) in [5.74, 6) is 0. The minimum absolute atomic E-state index is 0.346. The molecule has 1 aromatic rings. The van der Waals surface area contributed by atoms with Gasteiger partial charge in [-0.1, -0.05) is 31.2 Å². The van der Waals surface area contributed by atoms with E-state index in [0.29, 0.717) is 18.2 Å². The van der Waals surface area contributed by atoms with Crippen LogP contribution in [0.15, 0.2) is 24.3 Å². The highest BCUT2D eigenvalue weighted by atomic mass is 16.5. The molecule has 0 radical (unpaired) electrons. The molecule has 1 aromatic carbocycles. The number of rotatable bonds is 7. The average molecular weight is 290 g/mol. The van der Waals surface area contributed by atoms with Gasteiger partial charge < -0.3 is 10.1 Å². The standard InChI is InChI=1S/C18H30N2O/c1-5-11-19-17(16-9-7-6-8-14(16)2)13-20(4)18-10-12-21-15(18)3/h6-9,15,17-19H,5,10-13H2,1-4H3. The molecule has 118 valence electrons. The molecule has 1 N–H and O–H groups in total. The number of likely N-dealkylation sites (N-methyl/N-ethyl adjacent to an activating group) is 1. The molecule has 0 spiro atoms. The fourth-order valence-electron chi connectivity index (χ4n) is 3.29. The molecule has 21 heavy (non-hydrogen) atoms. The monoisotopic (exact) mass is 290 g/mol. The van der Waals surface area contributed by atoms with Crippen LogP contribution in [-0.2, 0) is 4.74 Å². The quantitative estimate of drug-likeness (QED) is 0.835. The van der Waals surface area contributed by atoms with Crippen molar-refractivity contribution in [2.45, 2.75) is 51.8 Å². The number of nitrogens with one attached hydrogen (secondary N) is 1. The van der Waals surface area contributed by atoms with E-state index in [1.807, 2.05) is 0 Å². The summed E-state index contributed by atoms with van der Waals surface area (Å²) in [6.45, 7) is 9.60. The Hall–Kier alpha value is -0.900. The molecule has 0 amide bonds. The third-order valence-electron chi connectivity index (χ3n) is 4.58. The molecule has 1 saturated heterocycles. The molecule has 3 unspecified atom stereocenters. The lowest BCUT2D eigenvalue weighted by molar-refractivity contribution is 0.0803. The number of benzene rings is 1. The van der Waals surface area contributed by atoms with Crippen LogP contribution in [0.1, 0.15) is 43.9 Å². The first kappa shape index (κ1) is 16.5. The van der Waals surface area contributed by atoms with Crippen molar-refractivity contribution in [2.75, 3.05) is 26.7 Å². The Morgan fingerprint density at radius 2 is 2.14 bits per heavy atom. The molecule has 3 heteroatoms. The highest BCUT2D eigenvalue weighted by Crippen LogP contribution is 2.23. The molecule has 3 atom stereocenters. The molecular weight excluding hydrogens is 260 g/mol. The van der Waals surface area contributed by atoms with Gasteiger partial charge in [0.15, 0.2) is 0 Å². The van der Waals surface area contributed by atoms with Gasteiger partial charge in [-0.2, -0.15) is 0 Å². The SMILES string of the molecule is CCCNC(CN(C)C1CCOC1C)c1ccccc1C. The van der Waals surface area contributed by atoms with E-state index >= 15 is 0 Å². The van der Waals surface area contributed by atoms with Crippen LogP contribution in [0.2, 0.25) is 0 Å². The van der Waals surface area contributed by atoms with Crippen LogP contribution in [0.5, 0.6) is 0 Å². The van der Waals surface area contributed by atoms with Gasteiger partial charge in [0, 0.05) is 25.2 Å². The zero-order valence-electron chi connectivity index (χ0n) is 13.9. The predicted molar refractivity (Wildman–Crippen MR) is 88.7 cm³/mol. The van der Waals surface area contributed by atoms with Crippen molar-refractivity contribution in [3.63, 3.8) is 0 Å². The number of hydrogen-bond acceptors (Lipinski definition) is 3. The lowest BCUT2D eigenvalue weighted by atomic mass is 9.99. The molecular formula is C18H30N2O. The first-order valence-corrected chi connectivity index (χ1v) is 8.24. The van der Waals surface area contributed by atoms with Crippen LogP contribution in [0.3, 0.4) is 0 Å². The van der Waals surface area contributed by atoms with Crippen LogP contribution in [-0.4, -0.2) is 43.8 Å². The summed E-state index contributed by atoms with van der Waals surface area (Å²) in [7, 11) is 2.23. The average Bonchev–Trinajstić information content (AvgIpc) is 2.90. The van der Waals surface area contributed by atoms with E-state index < -0.39 is 0 Å². The third kappa shape index (κ3) is 4.29. The Kier molecular flexibility index (Phi) is 6.22. The van der Waals surface area contributed by atoms with Crippen LogP contribution < -0.4 is 5.32 Å². The van der Waals surface area contributed by atoms with Crippen molar-refractivity contribution in [3.8, 4) is 0 Å². The normalized spacial score (nSPS) is 23.7. The summed E-state index contributed by atoms with van der Waals surface area (Å²) in [4.78, 5) is 2.47. The number of nitrogens with zero attached hydrogens (tertiary/aromatic N) is 1. The molecule has 1 fully saturated rings. The van der Waals surface area contributed by atoms with E-state index in [1.54, 1.807) is 0 Å². The van der Waals surface area contributed by atoms with E-state index in [2.05, 4.69) is 62.3 Å². The summed E-state index contributed by atoms with van der Waals surface area (Å²) in [6, 6.07) is 9.66. The molecule has 0 aromatic heterocycles. The lowest BCUT2D eigenvalue weighted by Gasteiger charge is -2.31. The maximum Gasteiger partial charge on any atom is 0.0702 e. The second-order valence-corrected chi connectivity index (χ2v) is 6.23. The lowest BCUT2D eigenvalue weighted by Crippen LogP contribution is -2.42. The van der Waals surface area contributed by atoms with Crippen molar-refractivity contribution in [2.24, 2.45) is 0 Å². The molecule has 3 nitrogen and oxygen atoms in total. The number of aryl methyl sites for hydroxylation is 1. The van der Waals surface area contributed by atoms with Gasteiger partial charge in [-0.3, -0.25) is 4.90 Å². The van der Waals surface area contributed by atoms with E-state index in [-0.39, 0.29) is 0 Å². The third-order valence-corrected chi connectivity index (χ3v) is 4.58. The molecule has 1 heterocycles. The molecule has 0 aliphatic carbocycles. The minimum atomic E-state index is 0.346. The smallest absolute Gasteiger partial charge is 0.0702 e. The number of hydrogen-bond donors (Lipinski definition) is 1. The summed E-state index contributed by atoms with van der Waals surface area (Å²) in [6.07, 6.45) is 2.65. The first-order chi connectivity index (χ1) is 10.1. The molecule has 1 aliphatic heterocycles. The van der Waals surface area contributed by atoms with Gasteiger partial charge in [0.1, 0.15) is 0 Å². The minimum Gasteiger partial charge on any atom is -0.377 e. The molecule has 0 saturated carbocycles. The van der Waals surface area contributed by atoms with Gasteiger partial charge in [-0.05, 0) is 51.4 Å². The van der Waals surface area contributed by atoms with Crippen LogP contribution in [0.25, 0.3) is 0 Å². The van der Waals surface area contributed by atoms with Gasteiger partial charge >= 0.3 is 0 Å². The Morgan fingerprint density at radius 1 is 1.38 bits per heavy atom. The zero-order chi connectivity index (χ0) is 15.2. The predicted octanol–water partition coefficient (Wildman–Crippen LogP) is 3.14. The summed E-state index contributed by atoms with van der Waals surface area (Å²) < 4.78 is 5.72. The zero-order valence-corrected chi connectivity index (χ0v) is 13.9. The Bertz CT molecular complexity index is 435. The Balaban J connectivity index is 2.07.